The van der Waals surface area contributed by atoms with Crippen molar-refractivity contribution in [3.63, 3.8) is 0 Å². The second-order valence-corrected chi connectivity index (χ2v) is 5.91. The van der Waals surface area contributed by atoms with E-state index in [1.54, 1.807) is 12.1 Å². The van der Waals surface area contributed by atoms with E-state index in [9.17, 15) is 9.65 Å². The van der Waals surface area contributed by atoms with E-state index in [2.05, 4.69) is 21.3 Å². The zero-order valence-corrected chi connectivity index (χ0v) is 14.6. The van der Waals surface area contributed by atoms with Crippen LogP contribution in [-0.4, -0.2) is 23.5 Å². The predicted molar refractivity (Wildman–Crippen MR) is 97.8 cm³/mol. The highest BCUT2D eigenvalue weighted by atomic mass is 35.5. The number of ether oxygens (including phenoxy) is 1. The fourth-order valence-electron chi connectivity index (χ4n) is 2.46. The van der Waals surface area contributed by atoms with Gasteiger partial charge in [0.25, 0.3) is 0 Å². The predicted octanol–water partition coefficient (Wildman–Crippen LogP) is 4.42. The van der Waals surface area contributed by atoms with Gasteiger partial charge in [-0.3, -0.25) is 5.10 Å². The topological polar surface area (TPSA) is 74.1 Å². The van der Waals surface area contributed by atoms with Crippen LogP contribution in [0.4, 0.5) is 10.2 Å². The molecule has 3 rings (SSSR count). The molecule has 0 amide bonds. The number of methoxy groups -OCH3 is 1. The van der Waals surface area contributed by atoms with Gasteiger partial charge in [0.1, 0.15) is 11.6 Å². The number of aliphatic imine (C=N–C) groups is 1. The Labute approximate surface area is 154 Å². The molecule has 0 spiro atoms. The molecule has 0 bridgehead atoms. The third-order valence-electron chi connectivity index (χ3n) is 3.72. The van der Waals surface area contributed by atoms with Gasteiger partial charge in [-0.25, -0.2) is 9.38 Å². The lowest BCUT2D eigenvalue weighted by Crippen LogP contribution is -1.91. The first kappa shape index (κ1) is 17.6. The maximum atomic E-state index is 13.7. The monoisotopic (exact) mass is 368 g/mol. The molecule has 0 unspecified atom stereocenters. The standard InChI is InChI=1S/C19H14ClFN4O/c1-26-18-6-5-13(8-16(18)21)11-23-19-15(10-22)17(24-25-19)9-12-3-2-4-14(20)7-12/h2-8,11H,9H2,1H3,(H,24,25). The fraction of sp³-hybridized carbons (Fsp3) is 0.105. The van der Waals surface area contributed by atoms with Crippen LogP contribution in [0.25, 0.3) is 0 Å². The van der Waals surface area contributed by atoms with Gasteiger partial charge in [0.05, 0.1) is 12.8 Å². The van der Waals surface area contributed by atoms with E-state index < -0.39 is 5.82 Å². The molecular formula is C19H14ClFN4O. The SMILES string of the molecule is COc1ccc(C=Nc2n[nH]c(Cc3cccc(Cl)c3)c2C#N)cc1F. The molecule has 26 heavy (non-hydrogen) atoms. The molecule has 1 heterocycles. The van der Waals surface area contributed by atoms with Crippen molar-refractivity contribution in [2.24, 2.45) is 4.99 Å². The van der Waals surface area contributed by atoms with Crippen LogP contribution < -0.4 is 4.74 Å². The molecule has 0 radical (unpaired) electrons. The molecule has 130 valence electrons. The molecule has 2 aromatic carbocycles. The number of benzene rings is 2. The molecule has 0 saturated heterocycles. The van der Waals surface area contributed by atoms with Gasteiger partial charge in [-0.15, -0.1) is 0 Å². The molecule has 0 aliphatic rings. The highest BCUT2D eigenvalue weighted by molar-refractivity contribution is 6.30. The Morgan fingerprint density at radius 1 is 1.35 bits per heavy atom. The molecule has 0 fully saturated rings. The van der Waals surface area contributed by atoms with E-state index in [0.717, 1.165) is 5.56 Å². The summed E-state index contributed by atoms with van der Waals surface area (Å²) in [4.78, 5) is 4.20. The number of rotatable bonds is 5. The van der Waals surface area contributed by atoms with Crippen LogP contribution in [0.5, 0.6) is 5.75 Å². The highest BCUT2D eigenvalue weighted by Gasteiger charge is 2.13. The second kappa shape index (κ2) is 7.81. The van der Waals surface area contributed by atoms with Gasteiger partial charge in [0, 0.05) is 17.7 Å². The molecular weight excluding hydrogens is 355 g/mol. The molecule has 0 aliphatic carbocycles. The van der Waals surface area contributed by atoms with Crippen LogP contribution in [0.2, 0.25) is 5.02 Å². The van der Waals surface area contributed by atoms with Gasteiger partial charge in [0.15, 0.2) is 17.4 Å². The summed E-state index contributed by atoms with van der Waals surface area (Å²) in [6.45, 7) is 0. The molecule has 0 atom stereocenters. The van der Waals surface area contributed by atoms with Crippen molar-refractivity contribution in [1.29, 1.82) is 5.26 Å². The van der Waals surface area contributed by atoms with E-state index in [0.29, 0.717) is 28.3 Å². The Kier molecular flexibility index (Phi) is 5.30. The van der Waals surface area contributed by atoms with Crippen molar-refractivity contribution in [3.8, 4) is 11.8 Å². The molecule has 7 heteroatoms. The van der Waals surface area contributed by atoms with Gasteiger partial charge in [0.2, 0.25) is 0 Å². The van der Waals surface area contributed by atoms with Crippen LogP contribution in [0, 0.1) is 17.1 Å². The number of hydrogen-bond acceptors (Lipinski definition) is 4. The summed E-state index contributed by atoms with van der Waals surface area (Å²) >= 11 is 5.99. The van der Waals surface area contributed by atoms with Crippen LogP contribution in [0.1, 0.15) is 22.4 Å². The van der Waals surface area contributed by atoms with Crippen LogP contribution in [0.15, 0.2) is 47.5 Å². The maximum absolute atomic E-state index is 13.7. The summed E-state index contributed by atoms with van der Waals surface area (Å²) in [5.74, 6) is -0.0789. The number of halogens is 2. The molecule has 1 N–H and O–H groups in total. The summed E-state index contributed by atoms with van der Waals surface area (Å²) in [5, 5.41) is 17.0. The number of aromatic amines is 1. The summed E-state index contributed by atoms with van der Waals surface area (Å²) < 4.78 is 18.6. The minimum Gasteiger partial charge on any atom is -0.494 e. The number of nitrogens with zero attached hydrogens (tertiary/aromatic N) is 3. The summed E-state index contributed by atoms with van der Waals surface area (Å²) in [5.41, 5.74) is 2.47. The lowest BCUT2D eigenvalue weighted by Gasteiger charge is -2.01. The molecule has 0 aliphatic heterocycles. The fourth-order valence-corrected chi connectivity index (χ4v) is 2.67. The van der Waals surface area contributed by atoms with Gasteiger partial charge in [-0.1, -0.05) is 23.7 Å². The van der Waals surface area contributed by atoms with Crippen molar-refractivity contribution >= 4 is 23.6 Å². The van der Waals surface area contributed by atoms with Crippen molar-refractivity contribution < 1.29 is 9.13 Å². The number of H-pyrrole nitrogens is 1. The molecule has 3 aromatic rings. The lowest BCUT2D eigenvalue weighted by atomic mass is 10.1. The summed E-state index contributed by atoms with van der Waals surface area (Å²) in [6, 6.07) is 14.0. The van der Waals surface area contributed by atoms with Gasteiger partial charge in [-0.2, -0.15) is 10.4 Å². The summed E-state index contributed by atoms with van der Waals surface area (Å²) in [7, 11) is 1.40. The Morgan fingerprint density at radius 2 is 2.19 bits per heavy atom. The van der Waals surface area contributed by atoms with Crippen molar-refractivity contribution in [2.75, 3.05) is 7.11 Å². The van der Waals surface area contributed by atoms with E-state index in [1.807, 2.05) is 18.2 Å². The van der Waals surface area contributed by atoms with Gasteiger partial charge in [-0.05, 0) is 41.5 Å². The van der Waals surface area contributed by atoms with E-state index in [4.69, 9.17) is 16.3 Å². The normalized spacial score (nSPS) is 10.8. The average molecular weight is 369 g/mol. The lowest BCUT2D eigenvalue weighted by molar-refractivity contribution is 0.386. The minimum absolute atomic E-state index is 0.156. The molecule has 5 nitrogen and oxygen atoms in total. The van der Waals surface area contributed by atoms with Crippen molar-refractivity contribution in [2.45, 2.75) is 6.42 Å². The summed E-state index contributed by atoms with van der Waals surface area (Å²) in [6.07, 6.45) is 1.92. The smallest absolute Gasteiger partial charge is 0.191 e. The Hall–Kier alpha value is -3.17. The van der Waals surface area contributed by atoms with E-state index >= 15 is 0 Å². The number of nitriles is 1. The Balaban J connectivity index is 1.84. The molecule has 0 saturated carbocycles. The third-order valence-corrected chi connectivity index (χ3v) is 3.95. The minimum atomic E-state index is -0.486. The van der Waals surface area contributed by atoms with E-state index in [1.165, 1.54) is 25.5 Å². The van der Waals surface area contributed by atoms with Crippen molar-refractivity contribution in [1.82, 2.24) is 10.2 Å². The van der Waals surface area contributed by atoms with Crippen LogP contribution in [0.3, 0.4) is 0 Å². The van der Waals surface area contributed by atoms with E-state index in [-0.39, 0.29) is 11.6 Å². The molecule has 1 aromatic heterocycles. The zero-order valence-electron chi connectivity index (χ0n) is 13.8. The quantitative estimate of drug-likeness (QED) is 0.677. The third kappa shape index (κ3) is 3.90. The largest absolute Gasteiger partial charge is 0.494 e. The zero-order chi connectivity index (χ0) is 18.5. The Bertz CT molecular complexity index is 1010. The average Bonchev–Trinajstić information content (AvgIpc) is 3.01. The maximum Gasteiger partial charge on any atom is 0.191 e. The van der Waals surface area contributed by atoms with Crippen LogP contribution in [-0.2, 0) is 6.42 Å². The van der Waals surface area contributed by atoms with Crippen molar-refractivity contribution in [3.05, 3.63) is 75.7 Å². The first-order chi connectivity index (χ1) is 12.6. The highest BCUT2D eigenvalue weighted by Crippen LogP contribution is 2.23. The van der Waals surface area contributed by atoms with Crippen LogP contribution >= 0.6 is 11.6 Å². The second-order valence-electron chi connectivity index (χ2n) is 5.47. The number of nitrogens with one attached hydrogen (secondary N) is 1. The first-order valence-corrected chi connectivity index (χ1v) is 8.08. The Morgan fingerprint density at radius 3 is 2.88 bits per heavy atom. The number of hydrogen-bond donors (Lipinski definition) is 1. The van der Waals surface area contributed by atoms with Gasteiger partial charge >= 0.3 is 0 Å². The number of aromatic nitrogens is 2. The van der Waals surface area contributed by atoms with Gasteiger partial charge < -0.3 is 4.74 Å². The first-order valence-electron chi connectivity index (χ1n) is 7.70.